The highest BCUT2D eigenvalue weighted by atomic mass is 19.4. The molecule has 0 aliphatic carbocycles. The summed E-state index contributed by atoms with van der Waals surface area (Å²) in [6.07, 6.45) is -0.734. The minimum absolute atomic E-state index is 0.481. The number of aryl methyl sites for hydroxylation is 1. The SMILES string of the molecule is Cc1cccc(N2CCN(C[B-](F)(F)F)CC2)c1. The van der Waals surface area contributed by atoms with Crippen molar-refractivity contribution in [3.63, 3.8) is 0 Å². The van der Waals surface area contributed by atoms with Crippen LogP contribution in [0.4, 0.5) is 18.6 Å². The van der Waals surface area contributed by atoms with E-state index >= 15 is 0 Å². The molecule has 2 rings (SSSR count). The highest BCUT2D eigenvalue weighted by molar-refractivity contribution is 6.58. The van der Waals surface area contributed by atoms with E-state index in [9.17, 15) is 12.9 Å². The molecule has 6 heteroatoms. The molecule has 0 bridgehead atoms. The van der Waals surface area contributed by atoms with Crippen LogP contribution in [-0.4, -0.2) is 44.5 Å². The molecular formula is C12H17BF3N2-. The molecule has 1 saturated heterocycles. The van der Waals surface area contributed by atoms with Gasteiger partial charge in [-0.1, -0.05) is 12.1 Å². The van der Waals surface area contributed by atoms with Gasteiger partial charge in [0.25, 0.3) is 0 Å². The molecule has 0 saturated carbocycles. The van der Waals surface area contributed by atoms with Gasteiger partial charge in [-0.05, 0) is 31.1 Å². The van der Waals surface area contributed by atoms with Gasteiger partial charge < -0.3 is 22.7 Å². The van der Waals surface area contributed by atoms with E-state index in [1.54, 1.807) is 0 Å². The van der Waals surface area contributed by atoms with Gasteiger partial charge in [0.2, 0.25) is 0 Å². The Morgan fingerprint density at radius 3 is 2.33 bits per heavy atom. The summed E-state index contributed by atoms with van der Waals surface area (Å²) in [7, 11) is 0. The summed E-state index contributed by atoms with van der Waals surface area (Å²) in [5.74, 6) is 0. The molecule has 1 fully saturated rings. The topological polar surface area (TPSA) is 6.48 Å². The molecule has 0 atom stereocenters. The second kappa shape index (κ2) is 5.22. The molecule has 0 radical (unpaired) electrons. The fourth-order valence-electron chi connectivity index (χ4n) is 2.31. The van der Waals surface area contributed by atoms with Gasteiger partial charge >= 0.3 is 6.98 Å². The lowest BCUT2D eigenvalue weighted by atomic mass is 9.91. The van der Waals surface area contributed by atoms with Gasteiger partial charge in [0, 0.05) is 31.9 Å². The summed E-state index contributed by atoms with van der Waals surface area (Å²) < 4.78 is 37.0. The normalized spacial score (nSPS) is 18.1. The van der Waals surface area contributed by atoms with Crippen molar-refractivity contribution in [1.82, 2.24) is 4.90 Å². The van der Waals surface area contributed by atoms with E-state index in [0.717, 1.165) is 5.69 Å². The molecule has 0 aromatic heterocycles. The summed E-state index contributed by atoms with van der Waals surface area (Å²) in [4.78, 5) is 3.64. The molecular weight excluding hydrogens is 240 g/mol. The first-order valence-electron chi connectivity index (χ1n) is 6.19. The fourth-order valence-corrected chi connectivity index (χ4v) is 2.31. The summed E-state index contributed by atoms with van der Waals surface area (Å²) in [5.41, 5.74) is 2.28. The lowest BCUT2D eigenvalue weighted by Gasteiger charge is -2.38. The third-order valence-electron chi connectivity index (χ3n) is 3.20. The number of hydrogen-bond acceptors (Lipinski definition) is 2. The maximum Gasteiger partial charge on any atom is 0.492 e. The van der Waals surface area contributed by atoms with Gasteiger partial charge in [-0.3, -0.25) is 0 Å². The average molecular weight is 257 g/mol. The largest absolute Gasteiger partial charge is 0.492 e. The van der Waals surface area contributed by atoms with E-state index in [2.05, 4.69) is 11.0 Å². The van der Waals surface area contributed by atoms with E-state index in [0.29, 0.717) is 26.2 Å². The Balaban J connectivity index is 1.91. The molecule has 18 heavy (non-hydrogen) atoms. The van der Waals surface area contributed by atoms with Crippen LogP contribution < -0.4 is 4.90 Å². The molecule has 0 N–H and O–H groups in total. The zero-order valence-corrected chi connectivity index (χ0v) is 10.5. The minimum atomic E-state index is -4.70. The monoisotopic (exact) mass is 257 g/mol. The van der Waals surface area contributed by atoms with Gasteiger partial charge in [-0.25, -0.2) is 0 Å². The van der Waals surface area contributed by atoms with E-state index in [-0.39, 0.29) is 0 Å². The molecule has 0 unspecified atom stereocenters. The molecule has 1 heterocycles. The summed E-state index contributed by atoms with van der Waals surface area (Å²) in [6, 6.07) is 8.08. The fraction of sp³-hybridized carbons (Fsp3) is 0.500. The van der Waals surface area contributed by atoms with Crippen LogP contribution >= 0.6 is 0 Å². The lowest BCUT2D eigenvalue weighted by Crippen LogP contribution is -2.50. The average Bonchev–Trinajstić information content (AvgIpc) is 2.28. The number of nitrogens with zero attached hydrogens (tertiary/aromatic N) is 2. The van der Waals surface area contributed by atoms with Crippen LogP contribution in [0.2, 0.25) is 0 Å². The number of hydrogen-bond donors (Lipinski definition) is 0. The van der Waals surface area contributed by atoms with Crippen molar-refractivity contribution in [3.8, 4) is 0 Å². The summed E-state index contributed by atoms with van der Waals surface area (Å²) in [6.45, 7) is -0.395. The van der Waals surface area contributed by atoms with Crippen molar-refractivity contribution in [2.45, 2.75) is 6.92 Å². The van der Waals surface area contributed by atoms with Crippen molar-refractivity contribution in [2.24, 2.45) is 0 Å². The minimum Gasteiger partial charge on any atom is -0.448 e. The molecule has 1 aliphatic heterocycles. The van der Waals surface area contributed by atoms with Crippen LogP contribution in [0.1, 0.15) is 5.56 Å². The van der Waals surface area contributed by atoms with E-state index < -0.39 is 13.4 Å². The smallest absolute Gasteiger partial charge is 0.448 e. The Morgan fingerprint density at radius 2 is 1.78 bits per heavy atom. The maximum atomic E-state index is 12.3. The molecule has 0 spiro atoms. The predicted molar refractivity (Wildman–Crippen MR) is 68.9 cm³/mol. The Bertz CT molecular complexity index is 401. The van der Waals surface area contributed by atoms with Crippen LogP contribution in [0.5, 0.6) is 0 Å². The number of piperazine rings is 1. The van der Waals surface area contributed by atoms with Gasteiger partial charge in [0.05, 0.1) is 0 Å². The van der Waals surface area contributed by atoms with Crippen molar-refractivity contribution < 1.29 is 12.9 Å². The third kappa shape index (κ3) is 3.66. The van der Waals surface area contributed by atoms with Crippen molar-refractivity contribution in [2.75, 3.05) is 37.5 Å². The van der Waals surface area contributed by atoms with Crippen LogP contribution in [0.15, 0.2) is 24.3 Å². The Kier molecular flexibility index (Phi) is 3.85. The molecule has 1 aliphatic rings. The van der Waals surface area contributed by atoms with Crippen molar-refractivity contribution >= 4 is 12.7 Å². The van der Waals surface area contributed by atoms with E-state index in [1.165, 1.54) is 10.5 Å². The van der Waals surface area contributed by atoms with Crippen LogP contribution in [0, 0.1) is 6.92 Å². The number of halogens is 3. The standard InChI is InChI=1S/C12H17BF3N2/c1-11-3-2-4-12(9-11)18-7-5-17(6-8-18)10-13(14,15)16/h2-4,9H,5-8,10H2,1H3/q-1. The number of benzene rings is 1. The van der Waals surface area contributed by atoms with Gasteiger partial charge in [-0.15, -0.1) is 0 Å². The first-order valence-corrected chi connectivity index (χ1v) is 6.19. The number of rotatable bonds is 3. The molecule has 1 aromatic rings. The third-order valence-corrected chi connectivity index (χ3v) is 3.20. The first kappa shape index (κ1) is 13.3. The lowest BCUT2D eigenvalue weighted by molar-refractivity contribution is 0.263. The maximum absolute atomic E-state index is 12.3. The summed E-state index contributed by atoms with van der Waals surface area (Å²) >= 11 is 0. The number of anilines is 1. The van der Waals surface area contributed by atoms with Gasteiger partial charge in [0.15, 0.2) is 0 Å². The quantitative estimate of drug-likeness (QED) is 0.767. The van der Waals surface area contributed by atoms with Crippen LogP contribution in [0.3, 0.4) is 0 Å². The van der Waals surface area contributed by atoms with Crippen LogP contribution in [0.25, 0.3) is 0 Å². The van der Waals surface area contributed by atoms with E-state index in [1.807, 2.05) is 25.1 Å². The zero-order valence-electron chi connectivity index (χ0n) is 10.5. The molecule has 100 valence electrons. The van der Waals surface area contributed by atoms with Crippen molar-refractivity contribution in [3.05, 3.63) is 29.8 Å². The predicted octanol–water partition coefficient (Wildman–Crippen LogP) is 2.50. The molecule has 2 nitrogen and oxygen atoms in total. The molecule has 0 amide bonds. The Labute approximate surface area is 105 Å². The Morgan fingerprint density at radius 1 is 1.11 bits per heavy atom. The first-order chi connectivity index (χ1) is 8.44. The second-order valence-corrected chi connectivity index (χ2v) is 4.84. The van der Waals surface area contributed by atoms with Gasteiger partial charge in [-0.2, -0.15) is 0 Å². The van der Waals surface area contributed by atoms with E-state index in [4.69, 9.17) is 0 Å². The zero-order chi connectivity index (χ0) is 13.2. The van der Waals surface area contributed by atoms with Gasteiger partial charge in [0.1, 0.15) is 0 Å². The molecule has 1 aromatic carbocycles. The van der Waals surface area contributed by atoms with Crippen molar-refractivity contribution in [1.29, 1.82) is 0 Å². The summed E-state index contributed by atoms with van der Waals surface area (Å²) in [5, 5.41) is 0. The highest BCUT2D eigenvalue weighted by Crippen LogP contribution is 2.19. The Hall–Kier alpha value is -1.17. The van der Waals surface area contributed by atoms with Crippen LogP contribution in [-0.2, 0) is 0 Å². The highest BCUT2D eigenvalue weighted by Gasteiger charge is 2.28. The second-order valence-electron chi connectivity index (χ2n) is 4.84.